The first-order valence-corrected chi connectivity index (χ1v) is 8.39. The van der Waals surface area contributed by atoms with Crippen molar-refractivity contribution >= 4 is 29.3 Å². The van der Waals surface area contributed by atoms with Crippen LogP contribution in [0.3, 0.4) is 0 Å². The van der Waals surface area contributed by atoms with Crippen molar-refractivity contribution in [3.8, 4) is 0 Å². The van der Waals surface area contributed by atoms with E-state index in [-0.39, 0.29) is 17.1 Å². The molecule has 1 amide bonds. The fraction of sp³-hybridized carbons (Fsp3) is 0.375. The number of hydrogen-bond acceptors (Lipinski definition) is 6. The third kappa shape index (κ3) is 4.92. The smallest absolute Gasteiger partial charge is 0.237 e. The second-order valence-corrected chi connectivity index (χ2v) is 6.58. The lowest BCUT2D eigenvalue weighted by atomic mass is 10.0. The van der Waals surface area contributed by atoms with Crippen LogP contribution >= 0.6 is 11.8 Å². The molecule has 0 aliphatic carbocycles. The summed E-state index contributed by atoms with van der Waals surface area (Å²) in [6, 6.07) is 7.90. The van der Waals surface area contributed by atoms with Crippen molar-refractivity contribution in [2.24, 2.45) is 0 Å². The first-order valence-electron chi connectivity index (χ1n) is 7.51. The Hall–Kier alpha value is -2.15. The summed E-state index contributed by atoms with van der Waals surface area (Å²) in [6.07, 6.45) is 2.01. The maximum atomic E-state index is 12.4. The maximum Gasteiger partial charge on any atom is 0.237 e. The molecule has 0 saturated heterocycles. The van der Waals surface area contributed by atoms with Gasteiger partial charge in [0.2, 0.25) is 11.9 Å². The van der Waals surface area contributed by atoms with E-state index in [9.17, 15) is 4.79 Å². The van der Waals surface area contributed by atoms with Crippen LogP contribution in [0, 0.1) is 0 Å². The largest absolute Gasteiger partial charge is 0.368 e. The zero-order chi connectivity index (χ0) is 16.8. The summed E-state index contributed by atoms with van der Waals surface area (Å²) in [5.74, 6) is 0.545. The first-order chi connectivity index (χ1) is 11.0. The number of nitrogens with two attached hydrogens (primary N) is 1. The van der Waals surface area contributed by atoms with Crippen molar-refractivity contribution in [1.82, 2.24) is 15.0 Å². The first kappa shape index (κ1) is 17.2. The van der Waals surface area contributed by atoms with E-state index < -0.39 is 0 Å². The molecule has 1 unspecified atom stereocenters. The van der Waals surface area contributed by atoms with E-state index in [2.05, 4.69) is 34.1 Å². The number of nitrogens with zero attached hydrogens (tertiary/aromatic N) is 3. The average Bonchev–Trinajstić information content (AvgIpc) is 2.53. The lowest BCUT2D eigenvalue weighted by molar-refractivity contribution is -0.115. The molecule has 122 valence electrons. The Balaban J connectivity index is 2.02. The fourth-order valence-corrected chi connectivity index (χ4v) is 2.81. The number of aromatic nitrogens is 3. The van der Waals surface area contributed by atoms with Gasteiger partial charge in [0.25, 0.3) is 0 Å². The number of anilines is 2. The molecular weight excluding hydrogens is 310 g/mol. The number of carbonyl (C=O) groups excluding carboxylic acids is 1. The fourth-order valence-electron chi connectivity index (χ4n) is 1.97. The summed E-state index contributed by atoms with van der Waals surface area (Å²) in [5, 5.41) is 3.09. The standard InChI is InChI=1S/C16H21N5OS/c1-4-13(23-16-19-9-18-15(17)21-16)14(22)20-12-7-5-11(6-8-12)10(2)3/h5-10,13H,4H2,1-3H3,(H,20,22)(H2,17,18,19,21). The summed E-state index contributed by atoms with van der Waals surface area (Å²) in [4.78, 5) is 24.2. The molecule has 7 heteroatoms. The Morgan fingerprint density at radius 2 is 1.96 bits per heavy atom. The van der Waals surface area contributed by atoms with Crippen molar-refractivity contribution in [2.75, 3.05) is 11.1 Å². The second-order valence-electron chi connectivity index (χ2n) is 5.41. The van der Waals surface area contributed by atoms with Crippen LogP contribution in [0.25, 0.3) is 0 Å². The molecule has 6 nitrogen and oxygen atoms in total. The number of benzene rings is 1. The lowest BCUT2D eigenvalue weighted by Gasteiger charge is -2.14. The Labute approximate surface area is 140 Å². The summed E-state index contributed by atoms with van der Waals surface area (Å²) in [6.45, 7) is 6.22. The number of nitrogen functional groups attached to an aromatic ring is 1. The molecule has 0 fully saturated rings. The Bertz CT molecular complexity index is 660. The van der Waals surface area contributed by atoms with Gasteiger partial charge in [0.05, 0.1) is 5.25 Å². The molecule has 1 heterocycles. The zero-order valence-electron chi connectivity index (χ0n) is 13.5. The minimum Gasteiger partial charge on any atom is -0.368 e. The number of carbonyl (C=O) groups is 1. The summed E-state index contributed by atoms with van der Waals surface area (Å²) >= 11 is 1.28. The van der Waals surface area contributed by atoms with Crippen LogP contribution in [0.4, 0.5) is 11.6 Å². The van der Waals surface area contributed by atoms with E-state index >= 15 is 0 Å². The maximum absolute atomic E-state index is 12.4. The van der Waals surface area contributed by atoms with Crippen LogP contribution in [0.15, 0.2) is 35.7 Å². The molecule has 0 radical (unpaired) electrons. The zero-order valence-corrected chi connectivity index (χ0v) is 14.3. The highest BCUT2D eigenvalue weighted by atomic mass is 32.2. The van der Waals surface area contributed by atoms with Gasteiger partial charge in [-0.25, -0.2) is 9.97 Å². The monoisotopic (exact) mass is 331 g/mol. The van der Waals surface area contributed by atoms with Crippen molar-refractivity contribution < 1.29 is 4.79 Å². The van der Waals surface area contributed by atoms with Crippen molar-refractivity contribution in [3.05, 3.63) is 36.2 Å². The van der Waals surface area contributed by atoms with Crippen LogP contribution < -0.4 is 11.1 Å². The Morgan fingerprint density at radius 1 is 1.26 bits per heavy atom. The topological polar surface area (TPSA) is 93.8 Å². The van der Waals surface area contributed by atoms with Crippen molar-refractivity contribution in [2.45, 2.75) is 43.5 Å². The van der Waals surface area contributed by atoms with E-state index in [1.807, 2.05) is 31.2 Å². The van der Waals surface area contributed by atoms with E-state index in [1.165, 1.54) is 23.7 Å². The minimum atomic E-state index is -0.290. The molecule has 0 saturated carbocycles. The molecule has 0 aliphatic heterocycles. The summed E-state index contributed by atoms with van der Waals surface area (Å²) in [5.41, 5.74) is 7.56. The number of thioether (sulfide) groups is 1. The van der Waals surface area contributed by atoms with Gasteiger partial charge in [-0.15, -0.1) is 0 Å². The van der Waals surface area contributed by atoms with Gasteiger partial charge >= 0.3 is 0 Å². The van der Waals surface area contributed by atoms with Gasteiger partial charge in [-0.1, -0.05) is 44.7 Å². The van der Waals surface area contributed by atoms with Crippen LogP contribution in [-0.2, 0) is 4.79 Å². The van der Waals surface area contributed by atoms with E-state index in [4.69, 9.17) is 5.73 Å². The molecule has 1 aromatic carbocycles. The molecule has 1 atom stereocenters. The van der Waals surface area contributed by atoms with Gasteiger partial charge < -0.3 is 11.1 Å². The molecule has 23 heavy (non-hydrogen) atoms. The van der Waals surface area contributed by atoms with Crippen LogP contribution in [0.2, 0.25) is 0 Å². The third-order valence-electron chi connectivity index (χ3n) is 3.32. The molecule has 1 aromatic heterocycles. The number of amides is 1. The van der Waals surface area contributed by atoms with Gasteiger partial charge in [0, 0.05) is 5.69 Å². The molecule has 0 bridgehead atoms. The van der Waals surface area contributed by atoms with E-state index in [0.717, 1.165) is 5.69 Å². The van der Waals surface area contributed by atoms with Crippen molar-refractivity contribution in [3.63, 3.8) is 0 Å². The third-order valence-corrected chi connectivity index (χ3v) is 4.56. The predicted molar refractivity (Wildman–Crippen MR) is 93.3 cm³/mol. The van der Waals surface area contributed by atoms with Crippen molar-refractivity contribution in [1.29, 1.82) is 0 Å². The Kier molecular flexibility index (Phi) is 5.92. The highest BCUT2D eigenvalue weighted by Crippen LogP contribution is 2.24. The van der Waals surface area contributed by atoms with Crippen LogP contribution in [0.1, 0.15) is 38.7 Å². The van der Waals surface area contributed by atoms with Gasteiger partial charge in [0.1, 0.15) is 6.33 Å². The molecule has 0 aliphatic rings. The number of hydrogen-bond donors (Lipinski definition) is 2. The Morgan fingerprint density at radius 3 is 2.52 bits per heavy atom. The molecule has 3 N–H and O–H groups in total. The van der Waals surface area contributed by atoms with Gasteiger partial charge in [-0.2, -0.15) is 4.98 Å². The highest BCUT2D eigenvalue weighted by molar-refractivity contribution is 8.00. The van der Waals surface area contributed by atoms with Crippen LogP contribution in [-0.4, -0.2) is 26.1 Å². The molecule has 0 spiro atoms. The average molecular weight is 331 g/mol. The molecule has 2 rings (SSSR count). The molecule has 2 aromatic rings. The van der Waals surface area contributed by atoms with E-state index in [1.54, 1.807) is 0 Å². The van der Waals surface area contributed by atoms with E-state index in [0.29, 0.717) is 17.5 Å². The number of rotatable bonds is 6. The molecular formula is C16H21N5OS. The quantitative estimate of drug-likeness (QED) is 0.790. The van der Waals surface area contributed by atoms with Gasteiger partial charge in [-0.3, -0.25) is 4.79 Å². The highest BCUT2D eigenvalue weighted by Gasteiger charge is 2.19. The predicted octanol–water partition coefficient (Wildman–Crippen LogP) is 3.09. The lowest BCUT2D eigenvalue weighted by Crippen LogP contribution is -2.24. The second kappa shape index (κ2) is 7.92. The van der Waals surface area contributed by atoms with Gasteiger partial charge in [-0.05, 0) is 30.0 Å². The SMILES string of the molecule is CCC(Sc1ncnc(N)n1)C(=O)Nc1ccc(C(C)C)cc1. The summed E-state index contributed by atoms with van der Waals surface area (Å²) < 4.78 is 0. The number of nitrogens with one attached hydrogen (secondary N) is 1. The normalized spacial score (nSPS) is 12.2. The summed E-state index contributed by atoms with van der Waals surface area (Å²) in [7, 11) is 0. The minimum absolute atomic E-state index is 0.0752. The van der Waals surface area contributed by atoms with Crippen LogP contribution in [0.5, 0.6) is 0 Å². The van der Waals surface area contributed by atoms with Gasteiger partial charge in [0.15, 0.2) is 5.16 Å².